The first-order valence-corrected chi connectivity index (χ1v) is 13.7. The minimum atomic E-state index is -3.50. The quantitative estimate of drug-likeness (QED) is 0.468. The monoisotopic (exact) mass is 487 g/mol. The van der Waals surface area contributed by atoms with Gasteiger partial charge in [-0.3, -0.25) is 13.9 Å². The first kappa shape index (κ1) is 27.4. The molecule has 7 nitrogen and oxygen atoms in total. The van der Waals surface area contributed by atoms with E-state index in [1.165, 1.54) is 10.6 Å². The Morgan fingerprint density at radius 2 is 1.62 bits per heavy atom. The molecule has 2 aromatic rings. The molecule has 1 N–H and O–H groups in total. The number of rotatable bonds is 13. The van der Waals surface area contributed by atoms with Crippen molar-refractivity contribution >= 4 is 27.5 Å². The Kier molecular flexibility index (Phi) is 10.6. The number of anilines is 1. The molecule has 34 heavy (non-hydrogen) atoms. The third-order valence-corrected chi connectivity index (χ3v) is 6.94. The van der Waals surface area contributed by atoms with E-state index in [0.717, 1.165) is 11.1 Å². The van der Waals surface area contributed by atoms with E-state index in [4.69, 9.17) is 0 Å². The highest BCUT2D eigenvalue weighted by Gasteiger charge is 2.28. The lowest BCUT2D eigenvalue weighted by molar-refractivity contribution is -0.140. The highest BCUT2D eigenvalue weighted by atomic mass is 32.2. The van der Waals surface area contributed by atoms with Crippen LogP contribution in [0.3, 0.4) is 0 Å². The van der Waals surface area contributed by atoms with Crippen molar-refractivity contribution in [2.45, 2.75) is 52.5 Å². The topological polar surface area (TPSA) is 86.8 Å². The maximum Gasteiger partial charge on any atom is 0.242 e. The molecule has 2 rings (SSSR count). The highest BCUT2D eigenvalue weighted by Crippen LogP contribution is 2.23. The van der Waals surface area contributed by atoms with Crippen molar-refractivity contribution in [3.8, 4) is 0 Å². The Balaban J connectivity index is 2.14. The molecule has 0 heterocycles. The van der Waals surface area contributed by atoms with Crippen LogP contribution in [-0.4, -0.2) is 57.1 Å². The van der Waals surface area contributed by atoms with Gasteiger partial charge in [0, 0.05) is 26.1 Å². The van der Waals surface area contributed by atoms with E-state index in [9.17, 15) is 18.0 Å². The summed E-state index contributed by atoms with van der Waals surface area (Å²) in [5.41, 5.74) is 2.56. The molecule has 8 heteroatoms. The summed E-state index contributed by atoms with van der Waals surface area (Å²) < 4.78 is 26.2. The molecular weight excluding hydrogens is 450 g/mol. The van der Waals surface area contributed by atoms with Crippen LogP contribution >= 0.6 is 0 Å². The fourth-order valence-corrected chi connectivity index (χ4v) is 5.04. The number of likely N-dealkylation sites (N-methyl/N-ethyl adjacent to an activating group) is 1. The van der Waals surface area contributed by atoms with Gasteiger partial charge in [-0.25, -0.2) is 8.42 Å². The Morgan fingerprint density at radius 1 is 0.971 bits per heavy atom. The lowest BCUT2D eigenvalue weighted by Crippen LogP contribution is -2.50. The van der Waals surface area contributed by atoms with Crippen LogP contribution in [0, 0.1) is 6.92 Å². The van der Waals surface area contributed by atoms with Gasteiger partial charge in [-0.15, -0.1) is 0 Å². The molecule has 0 bridgehead atoms. The van der Waals surface area contributed by atoms with Crippen molar-refractivity contribution in [1.29, 1.82) is 0 Å². The van der Waals surface area contributed by atoms with Crippen LogP contribution in [0.25, 0.3) is 0 Å². The predicted octanol–water partition coefficient (Wildman–Crippen LogP) is 3.53. The van der Waals surface area contributed by atoms with Crippen molar-refractivity contribution in [2.75, 3.05) is 30.2 Å². The average Bonchev–Trinajstić information content (AvgIpc) is 2.80. The summed E-state index contributed by atoms with van der Waals surface area (Å²) in [5, 5.41) is 2.83. The number of hydrogen-bond donors (Lipinski definition) is 1. The molecule has 0 radical (unpaired) electrons. The van der Waals surface area contributed by atoms with Gasteiger partial charge < -0.3 is 10.2 Å². The number of carbonyl (C=O) groups is 2. The molecule has 0 saturated heterocycles. The second kappa shape index (κ2) is 13.1. The van der Waals surface area contributed by atoms with Crippen LogP contribution in [0.4, 0.5) is 5.69 Å². The van der Waals surface area contributed by atoms with Crippen molar-refractivity contribution in [3.63, 3.8) is 0 Å². The molecule has 1 atom stereocenters. The summed E-state index contributed by atoms with van der Waals surface area (Å²) in [5.74, 6) is -0.309. The second-order valence-electron chi connectivity index (χ2n) is 8.37. The van der Waals surface area contributed by atoms with Crippen molar-refractivity contribution < 1.29 is 18.0 Å². The summed E-state index contributed by atoms with van der Waals surface area (Å²) >= 11 is 0. The molecule has 186 valence electrons. The largest absolute Gasteiger partial charge is 0.355 e. The van der Waals surface area contributed by atoms with E-state index in [1.54, 1.807) is 17.0 Å². The Labute approximate surface area is 204 Å². The average molecular weight is 488 g/mol. The molecule has 0 fully saturated rings. The second-order valence-corrected chi connectivity index (χ2v) is 10.3. The zero-order valence-electron chi connectivity index (χ0n) is 20.7. The molecule has 0 unspecified atom stereocenters. The number of carbonyl (C=O) groups excluding carboxylic acids is 2. The first-order chi connectivity index (χ1) is 16.2. The van der Waals surface area contributed by atoms with Gasteiger partial charge in [0.2, 0.25) is 21.8 Å². The number of aryl methyl sites for hydroxylation is 1. The van der Waals surface area contributed by atoms with Gasteiger partial charge in [-0.2, -0.15) is 0 Å². The molecule has 2 aromatic carbocycles. The highest BCUT2D eigenvalue weighted by molar-refractivity contribution is 7.92. The van der Waals surface area contributed by atoms with Gasteiger partial charge in [0.1, 0.15) is 6.04 Å². The van der Waals surface area contributed by atoms with Gasteiger partial charge in [-0.05, 0) is 50.3 Å². The zero-order valence-corrected chi connectivity index (χ0v) is 21.5. The Morgan fingerprint density at radius 3 is 2.21 bits per heavy atom. The zero-order chi connectivity index (χ0) is 25.1. The Hall–Kier alpha value is -2.87. The van der Waals surface area contributed by atoms with Crippen LogP contribution < -0.4 is 9.62 Å². The van der Waals surface area contributed by atoms with Gasteiger partial charge in [0.25, 0.3) is 0 Å². The van der Waals surface area contributed by atoms with Gasteiger partial charge in [-0.1, -0.05) is 55.5 Å². The summed E-state index contributed by atoms with van der Waals surface area (Å²) in [6, 6.07) is 16.6. The predicted molar refractivity (Wildman–Crippen MR) is 137 cm³/mol. The van der Waals surface area contributed by atoms with E-state index < -0.39 is 16.1 Å². The van der Waals surface area contributed by atoms with Crippen molar-refractivity contribution in [3.05, 3.63) is 65.7 Å². The van der Waals surface area contributed by atoms with Crippen molar-refractivity contribution in [2.24, 2.45) is 0 Å². The Bertz CT molecular complexity index is 1040. The van der Waals surface area contributed by atoms with E-state index in [1.807, 2.05) is 63.2 Å². The fourth-order valence-electron chi connectivity index (χ4n) is 4.01. The SMILES string of the molecule is CCNC(=O)[C@H](CC)N(CCc1ccccc1)C(=O)CCCN(c1ccccc1C)S(C)(=O)=O. The molecule has 0 aliphatic heterocycles. The number of nitrogens with zero attached hydrogens (tertiary/aromatic N) is 2. The lowest BCUT2D eigenvalue weighted by Gasteiger charge is -2.31. The van der Waals surface area contributed by atoms with Gasteiger partial charge >= 0.3 is 0 Å². The van der Waals surface area contributed by atoms with Crippen LogP contribution in [0.15, 0.2) is 54.6 Å². The van der Waals surface area contributed by atoms with Crippen LogP contribution in [0.2, 0.25) is 0 Å². The van der Waals surface area contributed by atoms with Crippen LogP contribution in [0.5, 0.6) is 0 Å². The van der Waals surface area contributed by atoms with E-state index >= 15 is 0 Å². The third-order valence-electron chi connectivity index (χ3n) is 5.76. The molecule has 0 spiro atoms. The number of sulfonamides is 1. The van der Waals surface area contributed by atoms with Crippen LogP contribution in [0.1, 0.15) is 44.2 Å². The molecule has 0 aliphatic carbocycles. The number of hydrogen-bond acceptors (Lipinski definition) is 4. The molecular formula is C26H37N3O4S. The third kappa shape index (κ3) is 7.87. The van der Waals surface area contributed by atoms with E-state index in [0.29, 0.717) is 38.0 Å². The smallest absolute Gasteiger partial charge is 0.242 e. The number of nitrogens with one attached hydrogen (secondary N) is 1. The van der Waals surface area contributed by atoms with Crippen molar-refractivity contribution in [1.82, 2.24) is 10.2 Å². The van der Waals surface area contributed by atoms with E-state index in [2.05, 4.69) is 5.32 Å². The van der Waals surface area contributed by atoms with Gasteiger partial charge in [0.15, 0.2) is 0 Å². The first-order valence-electron chi connectivity index (χ1n) is 11.8. The normalized spacial score (nSPS) is 12.1. The molecule has 2 amide bonds. The maximum atomic E-state index is 13.3. The fraction of sp³-hybridized carbons (Fsp3) is 0.462. The minimum absolute atomic E-state index is 0.146. The molecule has 0 saturated carbocycles. The number of para-hydroxylation sites is 1. The summed E-state index contributed by atoms with van der Waals surface area (Å²) in [6.07, 6.45) is 2.83. The van der Waals surface area contributed by atoms with E-state index in [-0.39, 0.29) is 24.8 Å². The molecule has 0 aromatic heterocycles. The lowest BCUT2D eigenvalue weighted by atomic mass is 10.1. The summed E-state index contributed by atoms with van der Waals surface area (Å²) in [7, 11) is -3.50. The summed E-state index contributed by atoms with van der Waals surface area (Å²) in [4.78, 5) is 27.6. The maximum absolute atomic E-state index is 13.3. The molecule has 0 aliphatic rings. The van der Waals surface area contributed by atoms with Gasteiger partial charge in [0.05, 0.1) is 11.9 Å². The standard InChI is InChI=1S/C26H37N3O4S/c1-5-23(26(31)27-6-2)28(20-18-22-14-8-7-9-15-22)25(30)17-12-19-29(34(4,32)33)24-16-11-10-13-21(24)3/h7-11,13-16,23H,5-6,12,17-20H2,1-4H3,(H,27,31)/t23-/m0/s1. The minimum Gasteiger partial charge on any atom is -0.355 e. The van der Waals surface area contributed by atoms with Crippen LogP contribution in [-0.2, 0) is 26.0 Å². The number of amides is 2. The summed E-state index contributed by atoms with van der Waals surface area (Å²) in [6.45, 7) is 6.72. The number of benzene rings is 2.